The molecular formula is C34H40N4O6. The summed E-state index contributed by atoms with van der Waals surface area (Å²) >= 11 is 0. The molecule has 4 aliphatic rings. The first-order valence-corrected chi connectivity index (χ1v) is 15.4. The van der Waals surface area contributed by atoms with Crippen molar-refractivity contribution in [3.63, 3.8) is 0 Å². The van der Waals surface area contributed by atoms with E-state index in [4.69, 9.17) is 28.7 Å². The number of carbonyl (C=O) groups excluding carboxylic acids is 1. The normalized spacial score (nSPS) is 22.9. The molecule has 2 aromatic carbocycles. The molecule has 0 radical (unpaired) electrons. The van der Waals surface area contributed by atoms with Crippen LogP contribution >= 0.6 is 0 Å². The second-order valence-corrected chi connectivity index (χ2v) is 13.7. The molecule has 0 bridgehead atoms. The zero-order valence-electron chi connectivity index (χ0n) is 25.6. The van der Waals surface area contributed by atoms with Crippen LogP contribution in [-0.2, 0) is 26.2 Å². The Morgan fingerprint density at radius 3 is 2.14 bits per heavy atom. The highest BCUT2D eigenvalue weighted by Gasteiger charge is 2.50. The number of benzene rings is 2. The van der Waals surface area contributed by atoms with Crippen molar-refractivity contribution in [2.24, 2.45) is 5.41 Å². The summed E-state index contributed by atoms with van der Waals surface area (Å²) in [7, 11) is 0. The highest BCUT2D eigenvalue weighted by molar-refractivity contribution is 5.68. The average Bonchev–Trinajstić information content (AvgIpc) is 2.89. The lowest BCUT2D eigenvalue weighted by Gasteiger charge is -2.54. The van der Waals surface area contributed by atoms with Gasteiger partial charge in [0.15, 0.2) is 0 Å². The Bertz CT molecular complexity index is 1470. The van der Waals surface area contributed by atoms with Crippen LogP contribution in [0.4, 0.5) is 10.7 Å². The average molecular weight is 601 g/mol. The smallest absolute Gasteiger partial charge is 0.407 e. The molecule has 1 spiro atoms. The number of alkyl carbamates (subject to hydrolysis) is 1. The number of nitrogens with zero attached hydrogens (tertiary/aromatic N) is 3. The predicted octanol–water partition coefficient (Wildman–Crippen LogP) is 4.64. The number of hydrogen-bond donors (Lipinski definition) is 1. The van der Waals surface area contributed by atoms with Gasteiger partial charge in [-0.3, -0.25) is 0 Å². The number of rotatable bonds is 9. The van der Waals surface area contributed by atoms with Crippen molar-refractivity contribution in [3.05, 3.63) is 77.6 Å². The summed E-state index contributed by atoms with van der Waals surface area (Å²) in [6.45, 7) is 10.8. The first kappa shape index (κ1) is 28.9. The third-order valence-corrected chi connectivity index (χ3v) is 8.87. The van der Waals surface area contributed by atoms with Gasteiger partial charge in [0.1, 0.15) is 29.8 Å². The lowest BCUT2D eigenvalue weighted by atomic mass is 9.73. The molecule has 44 heavy (non-hydrogen) atoms. The molecule has 0 unspecified atom stereocenters. The van der Waals surface area contributed by atoms with Gasteiger partial charge in [0.05, 0.1) is 43.0 Å². The van der Waals surface area contributed by atoms with Crippen molar-refractivity contribution in [1.29, 1.82) is 0 Å². The van der Waals surface area contributed by atoms with Crippen LogP contribution in [0.1, 0.15) is 50.4 Å². The van der Waals surface area contributed by atoms with Crippen molar-refractivity contribution in [3.8, 4) is 11.5 Å². The Labute approximate surface area is 258 Å². The number of nitrogens with one attached hydrogen (secondary N) is 1. The van der Waals surface area contributed by atoms with Gasteiger partial charge < -0.3 is 33.9 Å². The van der Waals surface area contributed by atoms with E-state index in [1.54, 1.807) is 6.20 Å². The first-order chi connectivity index (χ1) is 21.2. The van der Waals surface area contributed by atoms with E-state index >= 15 is 0 Å². The topological polar surface area (TPSA) is 104 Å². The fraction of sp³-hybridized carbons (Fsp3) is 0.500. The highest BCUT2D eigenvalue weighted by atomic mass is 16.6. The van der Waals surface area contributed by atoms with E-state index in [-0.39, 0.29) is 23.7 Å². The number of carbonyl (C=O) groups is 1. The molecular weight excluding hydrogens is 560 g/mol. The summed E-state index contributed by atoms with van der Waals surface area (Å²) in [4.78, 5) is 23.4. The van der Waals surface area contributed by atoms with Gasteiger partial charge in [-0.25, -0.2) is 14.8 Å². The SMILES string of the molecule is CC(C)(C)OC(=O)NC1CC(Oc2ccc(C3(c4ccc(OCc5ccnc(N6CC7(COC7)C6)n5)cc4)COC3)cc2)C1. The maximum atomic E-state index is 12.0. The van der Waals surface area contributed by atoms with E-state index in [0.717, 1.165) is 62.3 Å². The van der Waals surface area contributed by atoms with E-state index < -0.39 is 5.60 Å². The Morgan fingerprint density at radius 1 is 0.932 bits per heavy atom. The lowest BCUT2D eigenvalue weighted by Crippen LogP contribution is -2.66. The van der Waals surface area contributed by atoms with Gasteiger partial charge >= 0.3 is 6.09 Å². The fourth-order valence-corrected chi connectivity index (χ4v) is 6.23. The van der Waals surface area contributed by atoms with Gasteiger partial charge in [-0.1, -0.05) is 24.3 Å². The largest absolute Gasteiger partial charge is 0.490 e. The van der Waals surface area contributed by atoms with Crippen molar-refractivity contribution in [2.75, 3.05) is 44.4 Å². The molecule has 4 heterocycles. The standard InChI is InChI=1S/C34H40N4O6/c1-32(2,3)44-31(39)37-26-14-29(15-26)43-28-10-6-24(7-11-28)34(21-41-22-34)23-4-8-27(9-5-23)42-16-25-12-13-35-30(36-25)38-17-33(18-38)19-40-20-33/h4-13,26,29H,14-22H2,1-3H3,(H,37,39). The number of hydrogen-bond acceptors (Lipinski definition) is 9. The van der Waals surface area contributed by atoms with Gasteiger partial charge in [-0.15, -0.1) is 0 Å². The maximum absolute atomic E-state index is 12.0. The van der Waals surface area contributed by atoms with Gasteiger partial charge in [-0.2, -0.15) is 0 Å². The zero-order valence-corrected chi connectivity index (χ0v) is 25.6. The Kier molecular flexibility index (Phi) is 7.37. The van der Waals surface area contributed by atoms with E-state index in [2.05, 4.69) is 39.5 Å². The van der Waals surface area contributed by atoms with E-state index in [0.29, 0.717) is 25.2 Å². The summed E-state index contributed by atoms with van der Waals surface area (Å²) in [5, 5.41) is 2.91. The fourth-order valence-electron chi connectivity index (χ4n) is 6.23. The van der Waals surface area contributed by atoms with Crippen LogP contribution in [0.5, 0.6) is 11.5 Å². The summed E-state index contributed by atoms with van der Waals surface area (Å²) in [6.07, 6.45) is 3.03. The molecule has 1 aromatic heterocycles. The molecule has 1 aliphatic carbocycles. The highest BCUT2D eigenvalue weighted by Crippen LogP contribution is 2.41. The summed E-state index contributed by atoms with van der Waals surface area (Å²) in [6, 6.07) is 18.6. The summed E-state index contributed by atoms with van der Waals surface area (Å²) in [5.74, 6) is 2.38. The molecule has 1 N–H and O–H groups in total. The zero-order chi connectivity index (χ0) is 30.4. The van der Waals surface area contributed by atoms with Gasteiger partial charge in [0.2, 0.25) is 5.95 Å². The van der Waals surface area contributed by atoms with Crippen LogP contribution in [0.15, 0.2) is 60.8 Å². The van der Waals surface area contributed by atoms with Crippen LogP contribution in [0.2, 0.25) is 0 Å². The molecule has 4 fully saturated rings. The lowest BCUT2D eigenvalue weighted by molar-refractivity contribution is -0.127. The quantitative estimate of drug-likeness (QED) is 0.376. The van der Waals surface area contributed by atoms with Crippen LogP contribution in [0, 0.1) is 5.41 Å². The van der Waals surface area contributed by atoms with Crippen molar-refractivity contribution < 1.29 is 28.5 Å². The van der Waals surface area contributed by atoms with Gasteiger partial charge in [0, 0.05) is 38.2 Å². The molecule has 10 heteroatoms. The van der Waals surface area contributed by atoms with Crippen LogP contribution in [-0.4, -0.2) is 73.3 Å². The number of amides is 1. The Balaban J connectivity index is 0.912. The summed E-state index contributed by atoms with van der Waals surface area (Å²) < 4.78 is 28.7. The number of ether oxygens (including phenoxy) is 5. The summed E-state index contributed by atoms with van der Waals surface area (Å²) in [5.41, 5.74) is 2.86. The minimum absolute atomic E-state index is 0.0773. The molecule has 0 atom stereocenters. The van der Waals surface area contributed by atoms with Crippen LogP contribution in [0.25, 0.3) is 0 Å². The second-order valence-electron chi connectivity index (χ2n) is 13.7. The van der Waals surface area contributed by atoms with Crippen molar-refractivity contribution >= 4 is 12.0 Å². The molecule has 3 aliphatic heterocycles. The minimum Gasteiger partial charge on any atom is -0.490 e. The predicted molar refractivity (Wildman–Crippen MR) is 163 cm³/mol. The molecule has 7 rings (SSSR count). The molecule has 1 saturated carbocycles. The van der Waals surface area contributed by atoms with Gasteiger partial charge in [0.25, 0.3) is 0 Å². The number of aromatic nitrogens is 2. The van der Waals surface area contributed by atoms with Crippen LogP contribution < -0.4 is 19.7 Å². The minimum atomic E-state index is -0.503. The molecule has 3 aromatic rings. The third kappa shape index (κ3) is 5.93. The van der Waals surface area contributed by atoms with Crippen molar-refractivity contribution in [2.45, 2.75) is 63.4 Å². The Hall–Kier alpha value is -3.89. The number of anilines is 1. The van der Waals surface area contributed by atoms with E-state index in [9.17, 15) is 4.79 Å². The molecule has 232 valence electrons. The third-order valence-electron chi connectivity index (χ3n) is 8.87. The Morgan fingerprint density at radius 2 is 1.57 bits per heavy atom. The second kappa shape index (κ2) is 11.2. The molecule has 1 amide bonds. The van der Waals surface area contributed by atoms with E-state index in [1.807, 2.05) is 51.1 Å². The molecule has 3 saturated heterocycles. The maximum Gasteiger partial charge on any atom is 0.407 e. The van der Waals surface area contributed by atoms with Crippen molar-refractivity contribution in [1.82, 2.24) is 15.3 Å². The van der Waals surface area contributed by atoms with Gasteiger partial charge in [-0.05, 0) is 62.2 Å². The first-order valence-electron chi connectivity index (χ1n) is 15.4. The van der Waals surface area contributed by atoms with Crippen LogP contribution in [0.3, 0.4) is 0 Å². The monoisotopic (exact) mass is 600 g/mol. The van der Waals surface area contributed by atoms with E-state index in [1.165, 1.54) is 11.1 Å². The molecule has 10 nitrogen and oxygen atoms in total.